The first-order valence-electron chi connectivity index (χ1n) is 12.5. The van der Waals surface area contributed by atoms with E-state index >= 15 is 0 Å². The number of Topliss-reactive ketones (excluding diaryl/α,β-unsaturated/α-hetero) is 1. The van der Waals surface area contributed by atoms with Crippen LogP contribution in [0.2, 0.25) is 0 Å². The molecule has 0 spiro atoms. The Kier molecular flexibility index (Phi) is 7.32. The van der Waals surface area contributed by atoms with E-state index in [-0.39, 0.29) is 35.6 Å². The Morgan fingerprint density at radius 1 is 1.03 bits per heavy atom. The van der Waals surface area contributed by atoms with Crippen molar-refractivity contribution in [3.8, 4) is 17.2 Å². The van der Waals surface area contributed by atoms with Gasteiger partial charge >= 0.3 is 0 Å². The highest BCUT2D eigenvalue weighted by Crippen LogP contribution is 2.47. The number of carbonyl (C=O) groups excluding carboxylic acids is 1. The maximum atomic E-state index is 12.1. The summed E-state index contributed by atoms with van der Waals surface area (Å²) >= 11 is 0. The van der Waals surface area contributed by atoms with Gasteiger partial charge in [0.25, 0.3) is 5.79 Å². The normalized spacial score (nSPS) is 29.2. The molecule has 0 aromatic heterocycles. The maximum Gasteiger partial charge on any atom is 0.251 e. The molecule has 4 aliphatic rings. The molecule has 3 saturated heterocycles. The average molecular weight is 519 g/mol. The molecule has 37 heavy (non-hydrogen) atoms. The summed E-state index contributed by atoms with van der Waals surface area (Å²) in [5, 5.41) is 21.5. The number of benzene rings is 2. The monoisotopic (exact) mass is 518 g/mol. The molecule has 3 aliphatic heterocycles. The third kappa shape index (κ3) is 4.25. The van der Waals surface area contributed by atoms with Gasteiger partial charge in [-0.2, -0.15) is 0 Å². The van der Waals surface area contributed by atoms with Crippen molar-refractivity contribution in [1.82, 2.24) is 0 Å². The zero-order valence-corrected chi connectivity index (χ0v) is 21.6. The van der Waals surface area contributed by atoms with Gasteiger partial charge in [0, 0.05) is 31.6 Å². The van der Waals surface area contributed by atoms with E-state index in [2.05, 4.69) is 0 Å². The first kappa shape index (κ1) is 26.1. The molecule has 3 fully saturated rings. The van der Waals surface area contributed by atoms with Crippen LogP contribution in [0.1, 0.15) is 40.7 Å². The molecule has 2 N–H and O–H groups in total. The number of carbonyl (C=O) groups is 1. The highest BCUT2D eigenvalue weighted by atomic mass is 16.8. The largest absolute Gasteiger partial charge is 0.507 e. The molecule has 2 aromatic rings. The second-order valence-corrected chi connectivity index (χ2v) is 9.69. The number of phenolic OH excluding ortho intramolecular Hbond substituents is 2. The number of aromatic hydroxyl groups is 2. The van der Waals surface area contributed by atoms with Crippen molar-refractivity contribution in [2.45, 2.75) is 63.0 Å². The second-order valence-electron chi connectivity index (χ2n) is 9.69. The van der Waals surface area contributed by atoms with Crippen LogP contribution in [0.25, 0.3) is 10.8 Å². The fourth-order valence-corrected chi connectivity index (χ4v) is 5.87. The summed E-state index contributed by atoms with van der Waals surface area (Å²) in [5.41, 5.74) is 1.92. The summed E-state index contributed by atoms with van der Waals surface area (Å²) in [7, 11) is 4.82. The molecule has 0 saturated carbocycles. The molecule has 1 aliphatic carbocycles. The molecular formula is C27H34O10. The van der Waals surface area contributed by atoms with Gasteiger partial charge < -0.3 is 43.4 Å². The molecule has 3 heterocycles. The van der Waals surface area contributed by atoms with Gasteiger partial charge in [0.15, 0.2) is 5.78 Å². The molecule has 10 nitrogen and oxygen atoms in total. The SMILES string of the molecule is COC1C2COC(C3OCCCO3)(O2)C1OC.COc1c2c(c(O)c3c(O)cc(C)cc13)C(=O)CCC2. The van der Waals surface area contributed by atoms with Crippen LogP contribution in [0.5, 0.6) is 17.2 Å². The van der Waals surface area contributed by atoms with Crippen LogP contribution in [0.15, 0.2) is 12.1 Å². The minimum atomic E-state index is -0.972. The van der Waals surface area contributed by atoms with Crippen molar-refractivity contribution < 1.29 is 48.2 Å². The first-order valence-corrected chi connectivity index (χ1v) is 12.5. The average Bonchev–Trinajstić information content (AvgIpc) is 3.47. The van der Waals surface area contributed by atoms with Crippen molar-refractivity contribution in [2.24, 2.45) is 0 Å². The van der Waals surface area contributed by atoms with Crippen LogP contribution < -0.4 is 4.74 Å². The number of aryl methyl sites for hydroxylation is 1. The van der Waals surface area contributed by atoms with Crippen LogP contribution >= 0.6 is 0 Å². The molecule has 4 unspecified atom stereocenters. The van der Waals surface area contributed by atoms with Gasteiger partial charge in [-0.1, -0.05) is 0 Å². The zero-order valence-electron chi connectivity index (χ0n) is 21.6. The summed E-state index contributed by atoms with van der Waals surface area (Å²) in [5.74, 6) is -0.640. The number of methoxy groups -OCH3 is 3. The van der Waals surface area contributed by atoms with E-state index in [1.54, 1.807) is 27.4 Å². The van der Waals surface area contributed by atoms with Gasteiger partial charge in [-0.25, -0.2) is 0 Å². The molecule has 10 heteroatoms. The smallest absolute Gasteiger partial charge is 0.251 e. The topological polar surface area (TPSA) is 122 Å². The summed E-state index contributed by atoms with van der Waals surface area (Å²) < 4.78 is 39.2. The van der Waals surface area contributed by atoms with E-state index in [0.29, 0.717) is 54.7 Å². The van der Waals surface area contributed by atoms with E-state index in [1.165, 1.54) is 0 Å². The molecule has 6 rings (SSSR count). The highest BCUT2D eigenvalue weighted by Gasteiger charge is 2.67. The first-order chi connectivity index (χ1) is 17.9. The minimum absolute atomic E-state index is 0.0306. The maximum absolute atomic E-state index is 12.1. The fraction of sp³-hybridized carbons (Fsp3) is 0.593. The number of phenols is 2. The van der Waals surface area contributed by atoms with Crippen molar-refractivity contribution in [2.75, 3.05) is 41.2 Å². The Bertz CT molecular complexity index is 1170. The van der Waals surface area contributed by atoms with Crippen molar-refractivity contribution in [3.63, 3.8) is 0 Å². The van der Waals surface area contributed by atoms with Gasteiger partial charge in [-0.05, 0) is 43.9 Å². The van der Waals surface area contributed by atoms with Crippen molar-refractivity contribution in [3.05, 3.63) is 28.8 Å². The summed E-state index contributed by atoms with van der Waals surface area (Å²) in [6.07, 6.45) is 1.65. The van der Waals surface area contributed by atoms with Crippen molar-refractivity contribution >= 4 is 16.6 Å². The zero-order chi connectivity index (χ0) is 26.3. The second kappa shape index (κ2) is 10.4. The number of fused-ring (bicyclic) bond motifs is 4. The van der Waals surface area contributed by atoms with Gasteiger partial charge in [-0.15, -0.1) is 0 Å². The number of hydrogen-bond acceptors (Lipinski definition) is 10. The van der Waals surface area contributed by atoms with E-state index in [4.69, 9.17) is 33.2 Å². The van der Waals surface area contributed by atoms with Gasteiger partial charge in [0.05, 0.1) is 37.9 Å². The Balaban J connectivity index is 0.000000153. The van der Waals surface area contributed by atoms with Gasteiger partial charge in [0.1, 0.15) is 35.6 Å². The molecule has 0 radical (unpaired) electrons. The fourth-order valence-electron chi connectivity index (χ4n) is 5.87. The third-order valence-corrected chi connectivity index (χ3v) is 7.42. The Labute approximate surface area is 215 Å². The van der Waals surface area contributed by atoms with Crippen LogP contribution in [-0.2, 0) is 34.8 Å². The Hall–Kier alpha value is -2.47. The minimum Gasteiger partial charge on any atom is -0.507 e. The number of hydrogen-bond donors (Lipinski definition) is 2. The highest BCUT2D eigenvalue weighted by molar-refractivity contribution is 6.11. The predicted octanol–water partition coefficient (Wildman–Crippen LogP) is 2.99. The van der Waals surface area contributed by atoms with Crippen LogP contribution in [-0.4, -0.2) is 87.5 Å². The lowest BCUT2D eigenvalue weighted by Crippen LogP contribution is -2.59. The molecule has 2 aromatic carbocycles. The van der Waals surface area contributed by atoms with E-state index in [1.807, 2.05) is 13.0 Å². The van der Waals surface area contributed by atoms with Gasteiger partial charge in [-0.3, -0.25) is 4.79 Å². The molecule has 202 valence electrons. The van der Waals surface area contributed by atoms with Gasteiger partial charge in [0.2, 0.25) is 6.29 Å². The summed E-state index contributed by atoms with van der Waals surface area (Å²) in [6.45, 7) is 3.65. The number of rotatable bonds is 4. The number of ketones is 1. The number of ether oxygens (including phenoxy) is 7. The summed E-state index contributed by atoms with van der Waals surface area (Å²) in [4.78, 5) is 12.1. The molecule has 4 atom stereocenters. The lowest BCUT2D eigenvalue weighted by atomic mass is 9.86. The van der Waals surface area contributed by atoms with Crippen LogP contribution in [0, 0.1) is 6.92 Å². The Morgan fingerprint density at radius 3 is 2.46 bits per heavy atom. The van der Waals surface area contributed by atoms with Crippen LogP contribution in [0.3, 0.4) is 0 Å². The summed E-state index contributed by atoms with van der Waals surface area (Å²) in [6, 6.07) is 3.42. The Morgan fingerprint density at radius 2 is 1.78 bits per heavy atom. The molecular weight excluding hydrogens is 484 g/mol. The quantitative estimate of drug-likeness (QED) is 0.625. The van der Waals surface area contributed by atoms with E-state index < -0.39 is 12.1 Å². The third-order valence-electron chi connectivity index (χ3n) is 7.42. The standard InChI is InChI=1S/C16H16O4.C11H18O6/c1-8-6-10-14(12(18)7-8)15(19)13-9(16(10)20-2)4-3-5-11(13)17;1-12-8-7-6-16-11(17-7,9(8)13-2)10-14-4-3-5-15-10/h6-7,18-19H,3-5H2,1-2H3;7-10H,3-6H2,1-2H3. The molecule has 0 amide bonds. The lowest BCUT2D eigenvalue weighted by Gasteiger charge is -2.40. The van der Waals surface area contributed by atoms with Crippen LogP contribution in [0.4, 0.5) is 0 Å². The molecule has 2 bridgehead atoms. The lowest BCUT2D eigenvalue weighted by molar-refractivity contribution is -0.349. The van der Waals surface area contributed by atoms with E-state index in [9.17, 15) is 15.0 Å². The van der Waals surface area contributed by atoms with Crippen molar-refractivity contribution in [1.29, 1.82) is 0 Å². The predicted molar refractivity (Wildman–Crippen MR) is 131 cm³/mol. The van der Waals surface area contributed by atoms with E-state index in [0.717, 1.165) is 24.0 Å².